The van der Waals surface area contributed by atoms with E-state index in [9.17, 15) is 15.2 Å². The molecule has 3 rings (SSSR count). The molecule has 1 unspecified atom stereocenters. The molecular formula is C18H14Cl2N4O3S. The van der Waals surface area contributed by atoms with Gasteiger partial charge in [0.1, 0.15) is 0 Å². The van der Waals surface area contributed by atoms with Gasteiger partial charge >= 0.3 is 0 Å². The van der Waals surface area contributed by atoms with Gasteiger partial charge in [0, 0.05) is 29.0 Å². The van der Waals surface area contributed by atoms with E-state index >= 15 is 0 Å². The zero-order valence-corrected chi connectivity index (χ0v) is 16.7. The zero-order valence-electron chi connectivity index (χ0n) is 14.3. The summed E-state index contributed by atoms with van der Waals surface area (Å²) in [5, 5.41) is 32.0. The molecule has 3 aromatic rings. The summed E-state index contributed by atoms with van der Waals surface area (Å²) in [5.41, 5.74) is 1.95. The van der Waals surface area contributed by atoms with Crippen LogP contribution in [0.5, 0.6) is 0 Å². The Bertz CT molecular complexity index is 1030. The fourth-order valence-electron chi connectivity index (χ4n) is 2.49. The third kappa shape index (κ3) is 4.90. The van der Waals surface area contributed by atoms with Crippen LogP contribution in [0.3, 0.4) is 0 Å². The third-order valence-corrected chi connectivity index (χ3v) is 5.33. The minimum Gasteiger partial charge on any atom is -0.394 e. The number of nitrogens with zero attached hydrogens (tertiary/aromatic N) is 4. The van der Waals surface area contributed by atoms with Gasteiger partial charge in [-0.2, -0.15) is 5.11 Å². The van der Waals surface area contributed by atoms with E-state index in [4.69, 9.17) is 23.2 Å². The number of rotatable bonds is 7. The van der Waals surface area contributed by atoms with Gasteiger partial charge in [0.2, 0.25) is 5.13 Å². The van der Waals surface area contributed by atoms with Gasteiger partial charge in [-0.15, -0.1) is 16.5 Å². The predicted octanol–water partition coefficient (Wildman–Crippen LogP) is 5.71. The maximum atomic E-state index is 11.1. The molecule has 1 heterocycles. The average Bonchev–Trinajstić information content (AvgIpc) is 3.16. The summed E-state index contributed by atoms with van der Waals surface area (Å²) in [5.74, 6) is 0. The van der Waals surface area contributed by atoms with Crippen molar-refractivity contribution in [3.8, 4) is 11.3 Å². The summed E-state index contributed by atoms with van der Waals surface area (Å²) < 4.78 is 0. The monoisotopic (exact) mass is 436 g/mol. The number of aliphatic hydroxyl groups excluding tert-OH is 1. The number of benzene rings is 2. The van der Waals surface area contributed by atoms with Crippen LogP contribution in [0.1, 0.15) is 5.56 Å². The van der Waals surface area contributed by atoms with Gasteiger partial charge in [-0.25, -0.2) is 4.98 Å². The Kier molecular flexibility index (Phi) is 6.69. The molecule has 0 saturated carbocycles. The van der Waals surface area contributed by atoms with Crippen molar-refractivity contribution in [2.75, 3.05) is 6.61 Å². The standard InChI is InChI=1S/C18H14Cl2N4O3S/c19-14-6-5-11(8-15(14)20)16-10-28-18(21-16)23-22-13(9-25)7-12-3-1-2-4-17(12)24(26)27/h1-6,8,10,13,25H,7,9H2. The molecule has 0 bridgehead atoms. The van der Waals surface area contributed by atoms with Gasteiger partial charge in [0.05, 0.1) is 33.3 Å². The second-order valence-corrected chi connectivity index (χ2v) is 7.44. The zero-order chi connectivity index (χ0) is 20.1. The van der Waals surface area contributed by atoms with E-state index in [1.807, 2.05) is 5.38 Å². The number of nitro groups is 1. The highest BCUT2D eigenvalue weighted by atomic mass is 35.5. The second kappa shape index (κ2) is 9.20. The smallest absolute Gasteiger partial charge is 0.272 e. The van der Waals surface area contributed by atoms with Crippen molar-refractivity contribution in [3.05, 3.63) is 73.6 Å². The number of aromatic nitrogens is 1. The van der Waals surface area contributed by atoms with Crippen LogP contribution in [0.4, 0.5) is 10.8 Å². The van der Waals surface area contributed by atoms with Crippen molar-refractivity contribution in [1.29, 1.82) is 0 Å². The summed E-state index contributed by atoms with van der Waals surface area (Å²) in [7, 11) is 0. The molecule has 1 atom stereocenters. The van der Waals surface area contributed by atoms with Crippen LogP contribution in [0.15, 0.2) is 58.1 Å². The highest BCUT2D eigenvalue weighted by Gasteiger charge is 2.17. The molecule has 0 radical (unpaired) electrons. The Morgan fingerprint density at radius 1 is 1.21 bits per heavy atom. The van der Waals surface area contributed by atoms with Gasteiger partial charge in [0.15, 0.2) is 0 Å². The normalized spacial score (nSPS) is 12.4. The van der Waals surface area contributed by atoms with Crippen LogP contribution < -0.4 is 0 Å². The van der Waals surface area contributed by atoms with Gasteiger partial charge in [-0.3, -0.25) is 10.1 Å². The minimum absolute atomic E-state index is 0.00713. The molecule has 0 fully saturated rings. The van der Waals surface area contributed by atoms with E-state index in [0.29, 0.717) is 26.4 Å². The number of hydrogen-bond donors (Lipinski definition) is 1. The van der Waals surface area contributed by atoms with Crippen LogP contribution >= 0.6 is 34.5 Å². The van der Waals surface area contributed by atoms with E-state index in [-0.39, 0.29) is 18.7 Å². The SMILES string of the molecule is O=[N+]([O-])c1ccccc1CC(CO)N=Nc1nc(-c2ccc(Cl)c(Cl)c2)cs1. The maximum absolute atomic E-state index is 11.1. The number of para-hydroxylation sites is 1. The first-order chi connectivity index (χ1) is 13.5. The van der Waals surface area contributed by atoms with E-state index in [1.165, 1.54) is 17.4 Å². The lowest BCUT2D eigenvalue weighted by atomic mass is 10.1. The van der Waals surface area contributed by atoms with Crippen LogP contribution in [-0.4, -0.2) is 27.7 Å². The van der Waals surface area contributed by atoms with Crippen molar-refractivity contribution in [3.63, 3.8) is 0 Å². The molecule has 2 aromatic carbocycles. The number of halogens is 2. The number of azo groups is 1. The molecule has 28 heavy (non-hydrogen) atoms. The predicted molar refractivity (Wildman–Crippen MR) is 110 cm³/mol. The summed E-state index contributed by atoms with van der Waals surface area (Å²) in [4.78, 5) is 15.0. The van der Waals surface area contributed by atoms with E-state index in [2.05, 4.69) is 15.2 Å². The molecule has 1 N–H and O–H groups in total. The van der Waals surface area contributed by atoms with Crippen molar-refractivity contribution in [2.45, 2.75) is 12.5 Å². The summed E-state index contributed by atoms with van der Waals surface area (Å²) in [6.45, 7) is -0.291. The topological polar surface area (TPSA) is 101 Å². The van der Waals surface area contributed by atoms with Crippen molar-refractivity contribution >= 4 is 45.4 Å². The first kappa shape index (κ1) is 20.3. The second-order valence-electron chi connectivity index (χ2n) is 5.79. The van der Waals surface area contributed by atoms with Crippen LogP contribution in [0.2, 0.25) is 10.0 Å². The Labute approximate surface area is 174 Å². The Morgan fingerprint density at radius 3 is 2.71 bits per heavy atom. The first-order valence-corrected chi connectivity index (χ1v) is 9.76. The largest absolute Gasteiger partial charge is 0.394 e. The summed E-state index contributed by atoms with van der Waals surface area (Å²) in [6.07, 6.45) is 0.197. The Balaban J connectivity index is 1.74. The van der Waals surface area contributed by atoms with Crippen molar-refractivity contribution in [1.82, 2.24) is 4.98 Å². The highest BCUT2D eigenvalue weighted by molar-refractivity contribution is 7.13. The van der Waals surface area contributed by atoms with Crippen molar-refractivity contribution in [2.24, 2.45) is 10.2 Å². The molecule has 0 amide bonds. The fraction of sp³-hybridized carbons (Fsp3) is 0.167. The average molecular weight is 437 g/mol. The quantitative estimate of drug-likeness (QED) is 0.291. The molecule has 7 nitrogen and oxygen atoms in total. The van der Waals surface area contributed by atoms with Gasteiger partial charge in [0.25, 0.3) is 5.69 Å². The Hall–Kier alpha value is -2.39. The number of hydrogen-bond acceptors (Lipinski definition) is 7. The molecular weight excluding hydrogens is 423 g/mol. The van der Waals surface area contributed by atoms with Gasteiger partial charge in [-0.1, -0.05) is 47.5 Å². The lowest BCUT2D eigenvalue weighted by Crippen LogP contribution is -2.14. The minimum atomic E-state index is -0.613. The lowest BCUT2D eigenvalue weighted by Gasteiger charge is -2.08. The first-order valence-electron chi connectivity index (χ1n) is 8.13. The van der Waals surface area contributed by atoms with E-state index in [0.717, 1.165) is 5.56 Å². The summed E-state index contributed by atoms with van der Waals surface area (Å²) in [6, 6.07) is 11.0. The van der Waals surface area contributed by atoms with Crippen LogP contribution in [0.25, 0.3) is 11.3 Å². The fourth-order valence-corrected chi connectivity index (χ4v) is 3.44. The Morgan fingerprint density at radius 2 is 2.00 bits per heavy atom. The number of aliphatic hydroxyl groups is 1. The number of nitro benzene ring substituents is 1. The van der Waals surface area contributed by atoms with E-state index < -0.39 is 11.0 Å². The number of thiazole rings is 1. The van der Waals surface area contributed by atoms with E-state index in [1.54, 1.807) is 36.4 Å². The molecule has 0 aliphatic rings. The maximum Gasteiger partial charge on any atom is 0.272 e. The summed E-state index contributed by atoms with van der Waals surface area (Å²) >= 11 is 13.2. The van der Waals surface area contributed by atoms with Crippen molar-refractivity contribution < 1.29 is 10.0 Å². The van der Waals surface area contributed by atoms with Crippen LogP contribution in [0, 0.1) is 10.1 Å². The molecule has 0 spiro atoms. The lowest BCUT2D eigenvalue weighted by molar-refractivity contribution is -0.385. The molecule has 0 aliphatic carbocycles. The molecule has 144 valence electrons. The molecule has 0 saturated heterocycles. The molecule has 10 heteroatoms. The highest BCUT2D eigenvalue weighted by Crippen LogP contribution is 2.31. The third-order valence-electron chi connectivity index (χ3n) is 3.87. The van der Waals surface area contributed by atoms with Crippen LogP contribution in [-0.2, 0) is 6.42 Å². The molecule has 0 aliphatic heterocycles. The molecule has 1 aromatic heterocycles. The van der Waals surface area contributed by atoms with Gasteiger partial charge in [-0.05, 0) is 12.1 Å². The van der Waals surface area contributed by atoms with Gasteiger partial charge < -0.3 is 5.11 Å².